The van der Waals surface area contributed by atoms with Crippen LogP contribution in [0.4, 0.5) is 0 Å². The van der Waals surface area contributed by atoms with Gasteiger partial charge in [-0.3, -0.25) is 4.79 Å². The highest BCUT2D eigenvalue weighted by Gasteiger charge is 2.33. The molecule has 1 aromatic rings. The molecule has 0 saturated heterocycles. The molecule has 6 nitrogen and oxygen atoms in total. The summed E-state index contributed by atoms with van der Waals surface area (Å²) in [6, 6.07) is 4.92. The van der Waals surface area contributed by atoms with Crippen LogP contribution in [0.5, 0.6) is 5.75 Å². The number of terminal acetylenes is 1. The Balaban J connectivity index is 2.53. The van der Waals surface area contributed by atoms with Crippen molar-refractivity contribution in [3.8, 4) is 18.1 Å². The molecule has 8 heteroatoms. The largest absolute Gasteiger partial charge is 0.506 e. The maximum absolute atomic E-state index is 12.3. The van der Waals surface area contributed by atoms with Crippen LogP contribution < -0.4 is 4.74 Å². The number of carbonyl (C=O) groups excluding carboxylic acids is 2. The maximum atomic E-state index is 12.3. The number of hydrogen-bond acceptors (Lipinski definition) is 6. The molecule has 1 amide bonds. The highest BCUT2D eigenvalue weighted by Crippen LogP contribution is 2.40. The SMILES string of the molecule is C#CCOc1ccc(Cl)cc1/C=C1\SC(=NC(=O)CC)C(C(=O)OCC)=C1O. The summed E-state index contributed by atoms with van der Waals surface area (Å²) < 4.78 is 10.5. The van der Waals surface area contributed by atoms with E-state index < -0.39 is 11.9 Å². The van der Waals surface area contributed by atoms with Crippen LogP contribution in [0.15, 0.2) is 39.4 Å². The summed E-state index contributed by atoms with van der Waals surface area (Å²) in [5.74, 6) is 1.33. The normalized spacial score (nSPS) is 16.4. The minimum absolute atomic E-state index is 0.0541. The van der Waals surface area contributed by atoms with Gasteiger partial charge >= 0.3 is 5.97 Å². The van der Waals surface area contributed by atoms with Crippen molar-refractivity contribution in [3.05, 3.63) is 45.0 Å². The molecule has 1 aliphatic rings. The lowest BCUT2D eigenvalue weighted by atomic mass is 10.1. The van der Waals surface area contributed by atoms with Crippen molar-refractivity contribution < 1.29 is 24.2 Å². The average Bonchev–Trinajstić information content (AvgIpc) is 2.96. The second-order valence-electron chi connectivity index (χ2n) is 5.39. The average molecular weight is 420 g/mol. The Kier molecular flexibility index (Phi) is 7.73. The number of rotatable bonds is 6. The van der Waals surface area contributed by atoms with Crippen molar-refractivity contribution in [2.75, 3.05) is 13.2 Å². The van der Waals surface area contributed by atoms with E-state index in [4.69, 9.17) is 27.5 Å². The number of aliphatic hydroxyl groups is 1. The lowest BCUT2D eigenvalue weighted by Crippen LogP contribution is -2.14. The van der Waals surface area contributed by atoms with Crippen LogP contribution >= 0.6 is 23.4 Å². The van der Waals surface area contributed by atoms with Crippen molar-refractivity contribution in [1.82, 2.24) is 0 Å². The fraction of sp³-hybridized carbons (Fsp3) is 0.250. The molecule has 1 N–H and O–H groups in total. The van der Waals surface area contributed by atoms with Gasteiger partial charge in [-0.2, -0.15) is 0 Å². The number of nitrogens with zero attached hydrogens (tertiary/aromatic N) is 1. The Bertz CT molecular complexity index is 927. The van der Waals surface area contributed by atoms with E-state index in [9.17, 15) is 14.7 Å². The van der Waals surface area contributed by atoms with Gasteiger partial charge in [-0.1, -0.05) is 36.2 Å². The molecule has 0 bridgehead atoms. The number of amides is 1. The van der Waals surface area contributed by atoms with Gasteiger partial charge in [0.2, 0.25) is 5.91 Å². The van der Waals surface area contributed by atoms with E-state index in [1.165, 1.54) is 0 Å². The molecule has 0 saturated carbocycles. The van der Waals surface area contributed by atoms with Gasteiger partial charge in [0.1, 0.15) is 28.7 Å². The lowest BCUT2D eigenvalue weighted by molar-refractivity contribution is -0.138. The quantitative estimate of drug-likeness (QED) is 0.550. The zero-order chi connectivity index (χ0) is 20.7. The van der Waals surface area contributed by atoms with Crippen molar-refractivity contribution >= 4 is 46.4 Å². The van der Waals surface area contributed by atoms with Crippen LogP contribution in [-0.2, 0) is 14.3 Å². The third kappa shape index (κ3) is 5.18. The first-order valence-corrected chi connectivity index (χ1v) is 9.58. The number of thioether (sulfide) groups is 1. The Morgan fingerprint density at radius 2 is 2.14 bits per heavy atom. The Labute approximate surface area is 172 Å². The smallest absolute Gasteiger partial charge is 0.344 e. The molecule has 0 spiro atoms. The van der Waals surface area contributed by atoms with E-state index >= 15 is 0 Å². The summed E-state index contributed by atoms with van der Waals surface area (Å²) in [6.07, 6.45) is 6.98. The Morgan fingerprint density at radius 3 is 2.79 bits per heavy atom. The maximum Gasteiger partial charge on any atom is 0.344 e. The third-order valence-electron chi connectivity index (χ3n) is 3.47. The molecule has 1 aliphatic heterocycles. The molecule has 1 heterocycles. The van der Waals surface area contributed by atoms with Gasteiger partial charge in [0.25, 0.3) is 0 Å². The molecule has 0 atom stereocenters. The van der Waals surface area contributed by atoms with Gasteiger partial charge in [0.05, 0.1) is 11.5 Å². The number of esters is 1. The van der Waals surface area contributed by atoms with Crippen LogP contribution in [0.2, 0.25) is 5.02 Å². The van der Waals surface area contributed by atoms with Crippen LogP contribution in [0.25, 0.3) is 6.08 Å². The molecule has 1 aromatic carbocycles. The van der Waals surface area contributed by atoms with Crippen LogP contribution in [0.1, 0.15) is 25.8 Å². The van der Waals surface area contributed by atoms with E-state index in [0.29, 0.717) is 21.2 Å². The van der Waals surface area contributed by atoms with Gasteiger partial charge < -0.3 is 14.6 Å². The van der Waals surface area contributed by atoms with E-state index in [0.717, 1.165) is 11.8 Å². The standard InChI is InChI=1S/C20H18ClNO5S/c1-4-9-27-14-8-7-13(21)10-12(14)11-15-18(24)17(20(25)26-6-3)19(28-15)22-16(23)5-2/h1,7-8,10-11,24H,5-6,9H2,2-3H3/b15-11-,22-19?. The summed E-state index contributed by atoms with van der Waals surface area (Å²) in [7, 11) is 0. The zero-order valence-corrected chi connectivity index (χ0v) is 16.9. The summed E-state index contributed by atoms with van der Waals surface area (Å²) in [5.41, 5.74) is 0.399. The van der Waals surface area contributed by atoms with Crippen LogP contribution in [-0.4, -0.2) is 35.2 Å². The molecule has 2 rings (SSSR count). The van der Waals surface area contributed by atoms with Gasteiger partial charge in [0.15, 0.2) is 0 Å². The second-order valence-corrected chi connectivity index (χ2v) is 6.86. The van der Waals surface area contributed by atoms with Crippen molar-refractivity contribution in [3.63, 3.8) is 0 Å². The fourth-order valence-electron chi connectivity index (χ4n) is 2.21. The highest BCUT2D eigenvalue weighted by atomic mass is 35.5. The topological polar surface area (TPSA) is 85.2 Å². The van der Waals surface area contributed by atoms with Crippen molar-refractivity contribution in [2.24, 2.45) is 4.99 Å². The highest BCUT2D eigenvalue weighted by molar-refractivity contribution is 8.18. The van der Waals surface area contributed by atoms with Crippen LogP contribution in [0, 0.1) is 12.3 Å². The first-order chi connectivity index (χ1) is 13.4. The Hall–Kier alpha value is -2.69. The van der Waals surface area contributed by atoms with E-state index in [2.05, 4.69) is 10.9 Å². The number of aliphatic imine (C=N–C) groups is 1. The van der Waals surface area contributed by atoms with Gasteiger partial charge in [-0.15, -0.1) is 6.42 Å². The molecule has 0 aromatic heterocycles. The third-order valence-corrected chi connectivity index (χ3v) is 4.72. The zero-order valence-electron chi connectivity index (χ0n) is 15.3. The number of carbonyl (C=O) groups is 2. The summed E-state index contributed by atoms with van der Waals surface area (Å²) in [6.45, 7) is 3.46. The summed E-state index contributed by atoms with van der Waals surface area (Å²) in [5, 5.41) is 11.1. The molecule has 0 unspecified atom stereocenters. The molecule has 0 fully saturated rings. The predicted octanol–water partition coefficient (Wildman–Crippen LogP) is 4.15. The van der Waals surface area contributed by atoms with Crippen LogP contribution in [0.3, 0.4) is 0 Å². The monoisotopic (exact) mass is 419 g/mol. The number of benzene rings is 1. The number of ether oxygens (including phenoxy) is 2. The van der Waals surface area contributed by atoms with E-state index in [1.807, 2.05) is 0 Å². The fourth-order valence-corrected chi connectivity index (χ4v) is 3.41. The first-order valence-electron chi connectivity index (χ1n) is 8.39. The molecule has 0 radical (unpaired) electrons. The first kappa shape index (κ1) is 21.6. The van der Waals surface area contributed by atoms with Crippen molar-refractivity contribution in [1.29, 1.82) is 0 Å². The molecular weight excluding hydrogens is 402 g/mol. The van der Waals surface area contributed by atoms with Gasteiger partial charge in [0, 0.05) is 17.0 Å². The molecular formula is C20H18ClNO5S. The van der Waals surface area contributed by atoms with Crippen molar-refractivity contribution in [2.45, 2.75) is 20.3 Å². The second kappa shape index (κ2) is 10.0. The lowest BCUT2D eigenvalue weighted by Gasteiger charge is -2.08. The number of hydrogen-bond donors (Lipinski definition) is 1. The minimum Gasteiger partial charge on any atom is -0.506 e. The van der Waals surface area contributed by atoms with E-state index in [-0.39, 0.29) is 36.0 Å². The van der Waals surface area contributed by atoms with Gasteiger partial charge in [-0.05, 0) is 31.2 Å². The van der Waals surface area contributed by atoms with E-state index in [1.54, 1.807) is 38.1 Å². The van der Waals surface area contributed by atoms with Gasteiger partial charge in [-0.25, -0.2) is 9.79 Å². The predicted molar refractivity (Wildman–Crippen MR) is 110 cm³/mol. The molecule has 28 heavy (non-hydrogen) atoms. The Morgan fingerprint density at radius 1 is 1.39 bits per heavy atom. The molecule has 0 aliphatic carbocycles. The number of aliphatic hydroxyl groups excluding tert-OH is 1. The summed E-state index contributed by atoms with van der Waals surface area (Å²) in [4.78, 5) is 28.2. The minimum atomic E-state index is -0.756. The molecule has 146 valence electrons. The number of halogens is 1. The summed E-state index contributed by atoms with van der Waals surface area (Å²) >= 11 is 7.04.